The molecule has 0 aliphatic rings. The lowest BCUT2D eigenvalue weighted by Gasteiger charge is -2.14. The second-order valence-electron chi connectivity index (χ2n) is 2.76. The van der Waals surface area contributed by atoms with Crippen LogP contribution in [0.4, 0.5) is 0 Å². The van der Waals surface area contributed by atoms with E-state index in [0.29, 0.717) is 0 Å². The number of rotatable bonds is 6. The quantitative estimate of drug-likeness (QED) is 0.715. The summed E-state index contributed by atoms with van der Waals surface area (Å²) in [6, 6.07) is 0. The summed E-state index contributed by atoms with van der Waals surface area (Å²) in [5, 5.41) is 3.13. The Morgan fingerprint density at radius 2 is 1.50 bits per heavy atom. The third-order valence-electron chi connectivity index (χ3n) is 1.64. The molecule has 0 aromatic rings. The summed E-state index contributed by atoms with van der Waals surface area (Å²) in [6.07, 6.45) is 2.62. The highest BCUT2D eigenvalue weighted by atomic mass is 15.1. The van der Waals surface area contributed by atoms with Gasteiger partial charge in [0.15, 0.2) is 0 Å². The largest absolute Gasteiger partial charge is 0.318 e. The van der Waals surface area contributed by atoms with Crippen LogP contribution in [0, 0.1) is 0 Å². The highest BCUT2D eigenvalue weighted by Crippen LogP contribution is 1.89. The number of likely N-dealkylation sites (N-methyl/N-ethyl adjacent to an activating group) is 2. The van der Waals surface area contributed by atoms with Gasteiger partial charge in [0.2, 0.25) is 0 Å². The Morgan fingerprint density at radius 3 is 1.86 bits per heavy atom. The zero-order valence-electron chi connectivity index (χ0n) is 11.5. The van der Waals surface area contributed by atoms with E-state index >= 15 is 0 Å². The van der Waals surface area contributed by atoms with Crippen LogP contribution < -0.4 is 5.32 Å². The minimum Gasteiger partial charge on any atom is -0.318 e. The molecule has 0 heterocycles. The summed E-state index contributed by atoms with van der Waals surface area (Å²) in [6.45, 7) is 13.7. The van der Waals surface area contributed by atoms with Crippen LogP contribution in [0.1, 0.15) is 47.5 Å². The molecule has 1 N–H and O–H groups in total. The molecule has 0 saturated heterocycles. The van der Waals surface area contributed by atoms with Gasteiger partial charge >= 0.3 is 0 Å². The Balaban J connectivity index is -0.000000266. The maximum atomic E-state index is 3.13. The number of hydrogen-bond acceptors (Lipinski definition) is 2. The van der Waals surface area contributed by atoms with Gasteiger partial charge in [0.05, 0.1) is 0 Å². The maximum Gasteiger partial charge on any atom is 0.0104 e. The summed E-state index contributed by atoms with van der Waals surface area (Å²) in [7, 11) is 4.17. The van der Waals surface area contributed by atoms with Crippen molar-refractivity contribution in [3.8, 4) is 0 Å². The first-order chi connectivity index (χ1) is 6.81. The van der Waals surface area contributed by atoms with Gasteiger partial charge in [-0.1, -0.05) is 41.0 Å². The first-order valence-electron chi connectivity index (χ1n) is 6.14. The van der Waals surface area contributed by atoms with E-state index < -0.39 is 0 Å². The summed E-state index contributed by atoms with van der Waals surface area (Å²) < 4.78 is 0. The summed E-state index contributed by atoms with van der Waals surface area (Å²) in [5.41, 5.74) is 0. The SMILES string of the molecule is CC.CC.CCCCN(C)CCNC. The van der Waals surface area contributed by atoms with Crippen molar-refractivity contribution in [2.24, 2.45) is 0 Å². The standard InChI is InChI=1S/C8H20N2.2C2H6/c1-4-5-7-10(3)8-6-9-2;2*1-2/h9H,4-8H2,1-3H3;2*1-2H3. The van der Waals surface area contributed by atoms with Crippen molar-refractivity contribution in [1.82, 2.24) is 10.2 Å². The predicted molar refractivity (Wildman–Crippen MR) is 69.0 cm³/mol. The number of hydrogen-bond donors (Lipinski definition) is 1. The molecule has 0 fully saturated rings. The minimum atomic E-state index is 1.10. The Kier molecular flexibility index (Phi) is 32.1. The van der Waals surface area contributed by atoms with Crippen molar-refractivity contribution in [2.45, 2.75) is 47.5 Å². The Labute approximate surface area is 92.1 Å². The van der Waals surface area contributed by atoms with Crippen molar-refractivity contribution >= 4 is 0 Å². The first-order valence-corrected chi connectivity index (χ1v) is 6.14. The van der Waals surface area contributed by atoms with Gasteiger partial charge in [-0.05, 0) is 27.1 Å². The number of nitrogens with one attached hydrogen (secondary N) is 1. The molecule has 14 heavy (non-hydrogen) atoms. The fraction of sp³-hybridized carbons (Fsp3) is 1.00. The molecule has 0 aliphatic carbocycles. The smallest absolute Gasteiger partial charge is 0.0104 e. The summed E-state index contributed by atoms with van der Waals surface area (Å²) in [4.78, 5) is 2.36. The zero-order valence-corrected chi connectivity index (χ0v) is 11.5. The predicted octanol–water partition coefficient (Wildman–Crippen LogP) is 2.99. The molecule has 0 aromatic heterocycles. The van der Waals surface area contributed by atoms with Crippen molar-refractivity contribution in [1.29, 1.82) is 0 Å². The van der Waals surface area contributed by atoms with Crippen LogP contribution in [-0.4, -0.2) is 38.6 Å². The molecule has 2 heteroatoms. The summed E-state index contributed by atoms with van der Waals surface area (Å²) >= 11 is 0. The third kappa shape index (κ3) is 22.7. The van der Waals surface area contributed by atoms with Crippen molar-refractivity contribution in [3.05, 3.63) is 0 Å². The molecule has 0 saturated carbocycles. The van der Waals surface area contributed by atoms with Crippen LogP contribution in [0.5, 0.6) is 0 Å². The highest BCUT2D eigenvalue weighted by molar-refractivity contribution is 4.51. The molecule has 2 nitrogen and oxygen atoms in total. The van der Waals surface area contributed by atoms with E-state index in [2.05, 4.69) is 24.2 Å². The average Bonchev–Trinajstić information content (AvgIpc) is 2.29. The molecule has 0 amide bonds. The Bertz CT molecular complexity index is 57.3. The van der Waals surface area contributed by atoms with Crippen molar-refractivity contribution in [2.75, 3.05) is 33.7 Å². The molecule has 0 aromatic carbocycles. The van der Waals surface area contributed by atoms with Crippen LogP contribution >= 0.6 is 0 Å². The van der Waals surface area contributed by atoms with Gasteiger partial charge in [-0.2, -0.15) is 0 Å². The fourth-order valence-corrected chi connectivity index (χ4v) is 0.842. The monoisotopic (exact) mass is 204 g/mol. The molecule has 90 valence electrons. The number of nitrogens with zero attached hydrogens (tertiary/aromatic N) is 1. The lowest BCUT2D eigenvalue weighted by Crippen LogP contribution is -2.28. The second kappa shape index (κ2) is 23.1. The van der Waals surface area contributed by atoms with E-state index in [4.69, 9.17) is 0 Å². The molecular weight excluding hydrogens is 172 g/mol. The Hall–Kier alpha value is -0.0800. The maximum absolute atomic E-state index is 3.13. The van der Waals surface area contributed by atoms with Gasteiger partial charge in [0.1, 0.15) is 0 Å². The van der Waals surface area contributed by atoms with Gasteiger partial charge in [-0.3, -0.25) is 0 Å². The lowest BCUT2D eigenvalue weighted by atomic mass is 10.3. The van der Waals surface area contributed by atoms with Gasteiger partial charge in [0, 0.05) is 13.1 Å². The Morgan fingerprint density at radius 1 is 1.00 bits per heavy atom. The molecule has 0 bridgehead atoms. The van der Waals surface area contributed by atoms with E-state index in [1.165, 1.54) is 19.4 Å². The molecular formula is C12H32N2. The molecule has 0 unspecified atom stereocenters. The van der Waals surface area contributed by atoms with Crippen LogP contribution in [0.3, 0.4) is 0 Å². The molecule has 0 rings (SSSR count). The number of unbranched alkanes of at least 4 members (excludes halogenated alkanes) is 1. The van der Waals surface area contributed by atoms with Crippen LogP contribution in [0.15, 0.2) is 0 Å². The fourth-order valence-electron chi connectivity index (χ4n) is 0.842. The molecule has 0 spiro atoms. The van der Waals surface area contributed by atoms with E-state index in [1.807, 2.05) is 34.7 Å². The van der Waals surface area contributed by atoms with Crippen molar-refractivity contribution in [3.63, 3.8) is 0 Å². The van der Waals surface area contributed by atoms with E-state index in [1.54, 1.807) is 0 Å². The topological polar surface area (TPSA) is 15.3 Å². The summed E-state index contributed by atoms with van der Waals surface area (Å²) in [5.74, 6) is 0. The van der Waals surface area contributed by atoms with E-state index in [-0.39, 0.29) is 0 Å². The first kappa shape index (κ1) is 19.5. The van der Waals surface area contributed by atoms with Crippen molar-refractivity contribution < 1.29 is 0 Å². The normalized spacial score (nSPS) is 8.57. The second-order valence-corrected chi connectivity index (χ2v) is 2.76. The van der Waals surface area contributed by atoms with Crippen LogP contribution in [0.2, 0.25) is 0 Å². The minimum absolute atomic E-state index is 1.10. The van der Waals surface area contributed by atoms with Gasteiger partial charge < -0.3 is 10.2 Å². The van der Waals surface area contributed by atoms with Gasteiger partial charge in [-0.25, -0.2) is 0 Å². The van der Waals surface area contributed by atoms with Crippen LogP contribution in [-0.2, 0) is 0 Å². The van der Waals surface area contributed by atoms with Crippen LogP contribution in [0.25, 0.3) is 0 Å². The average molecular weight is 204 g/mol. The molecule has 0 atom stereocenters. The van der Waals surface area contributed by atoms with E-state index in [0.717, 1.165) is 13.1 Å². The van der Waals surface area contributed by atoms with Gasteiger partial charge in [-0.15, -0.1) is 0 Å². The van der Waals surface area contributed by atoms with E-state index in [9.17, 15) is 0 Å². The molecule has 0 aliphatic heterocycles. The molecule has 0 radical (unpaired) electrons. The third-order valence-corrected chi connectivity index (χ3v) is 1.64. The zero-order chi connectivity index (χ0) is 11.8. The van der Waals surface area contributed by atoms with Gasteiger partial charge in [0.25, 0.3) is 0 Å². The lowest BCUT2D eigenvalue weighted by molar-refractivity contribution is 0.329. The highest BCUT2D eigenvalue weighted by Gasteiger charge is 1.93.